The van der Waals surface area contributed by atoms with E-state index in [0.29, 0.717) is 0 Å². The summed E-state index contributed by atoms with van der Waals surface area (Å²) in [4.78, 5) is 15.3. The van der Waals surface area contributed by atoms with Crippen molar-refractivity contribution in [1.29, 1.82) is 0 Å². The first-order valence-electron chi connectivity index (χ1n) is 9.33. The molecule has 1 aliphatic heterocycles. The standard InChI is InChI=1S/C19H31N3O4S/c1-13(2)18(22-11-14(3)26-15(4)12-22)19(23)21-10-16-7-6-8-17(9-16)27(24,25)20-5/h6-9,13-15,18,20H,10-12H2,1-5H3,(H,21,23). The number of rotatable bonds is 7. The van der Waals surface area contributed by atoms with Gasteiger partial charge in [-0.15, -0.1) is 0 Å². The summed E-state index contributed by atoms with van der Waals surface area (Å²) >= 11 is 0. The van der Waals surface area contributed by atoms with Gasteiger partial charge in [0.05, 0.1) is 23.1 Å². The Kier molecular flexibility index (Phi) is 7.39. The molecule has 2 N–H and O–H groups in total. The Labute approximate surface area is 162 Å². The lowest BCUT2D eigenvalue weighted by Gasteiger charge is -2.41. The fourth-order valence-corrected chi connectivity index (χ4v) is 4.37. The molecule has 1 aromatic rings. The van der Waals surface area contributed by atoms with Gasteiger partial charge in [-0.2, -0.15) is 0 Å². The van der Waals surface area contributed by atoms with Gasteiger partial charge in [-0.05, 0) is 44.5 Å². The summed E-state index contributed by atoms with van der Waals surface area (Å²) in [6.45, 7) is 9.83. The first-order chi connectivity index (χ1) is 12.6. The van der Waals surface area contributed by atoms with Crippen LogP contribution in [0, 0.1) is 5.92 Å². The van der Waals surface area contributed by atoms with Crippen LogP contribution >= 0.6 is 0 Å². The highest BCUT2D eigenvalue weighted by Crippen LogP contribution is 2.19. The molecule has 0 radical (unpaired) electrons. The minimum atomic E-state index is -3.50. The van der Waals surface area contributed by atoms with Crippen molar-refractivity contribution in [3.8, 4) is 0 Å². The number of hydrogen-bond acceptors (Lipinski definition) is 5. The van der Waals surface area contributed by atoms with E-state index in [1.54, 1.807) is 18.2 Å². The monoisotopic (exact) mass is 397 g/mol. The highest BCUT2D eigenvalue weighted by atomic mass is 32.2. The molecule has 1 heterocycles. The summed E-state index contributed by atoms with van der Waals surface area (Å²) in [6, 6.07) is 6.35. The molecule has 1 fully saturated rings. The zero-order valence-corrected chi connectivity index (χ0v) is 17.5. The van der Waals surface area contributed by atoms with E-state index in [1.165, 1.54) is 13.1 Å². The Morgan fingerprint density at radius 3 is 2.44 bits per heavy atom. The topological polar surface area (TPSA) is 87.7 Å². The normalized spacial score (nSPS) is 22.6. The number of carbonyl (C=O) groups excluding carboxylic acids is 1. The molecule has 0 aromatic heterocycles. The van der Waals surface area contributed by atoms with Gasteiger partial charge in [0.25, 0.3) is 0 Å². The van der Waals surface area contributed by atoms with Crippen molar-refractivity contribution >= 4 is 15.9 Å². The summed E-state index contributed by atoms with van der Waals surface area (Å²) in [5, 5.41) is 2.97. The number of sulfonamides is 1. The molecule has 0 spiro atoms. The van der Waals surface area contributed by atoms with Crippen LogP contribution < -0.4 is 10.0 Å². The van der Waals surface area contributed by atoms with Crippen LogP contribution in [0.3, 0.4) is 0 Å². The fourth-order valence-electron chi connectivity index (χ4n) is 3.57. The van der Waals surface area contributed by atoms with Crippen molar-refractivity contribution in [3.05, 3.63) is 29.8 Å². The lowest BCUT2D eigenvalue weighted by atomic mass is 9.99. The van der Waals surface area contributed by atoms with Crippen molar-refractivity contribution in [2.45, 2.75) is 57.4 Å². The highest BCUT2D eigenvalue weighted by Gasteiger charge is 2.34. The molecule has 7 nitrogen and oxygen atoms in total. The van der Waals surface area contributed by atoms with E-state index in [1.807, 2.05) is 27.7 Å². The number of hydrogen-bond donors (Lipinski definition) is 2. The first-order valence-corrected chi connectivity index (χ1v) is 10.8. The van der Waals surface area contributed by atoms with E-state index in [9.17, 15) is 13.2 Å². The van der Waals surface area contributed by atoms with Crippen molar-refractivity contribution in [1.82, 2.24) is 14.9 Å². The van der Waals surface area contributed by atoms with Crippen molar-refractivity contribution < 1.29 is 17.9 Å². The second-order valence-corrected chi connectivity index (χ2v) is 9.36. The lowest BCUT2D eigenvalue weighted by molar-refractivity contribution is -0.135. The molecular formula is C19H31N3O4S. The molecule has 1 saturated heterocycles. The molecule has 0 bridgehead atoms. The van der Waals surface area contributed by atoms with E-state index in [-0.39, 0.29) is 41.5 Å². The van der Waals surface area contributed by atoms with Gasteiger partial charge in [-0.25, -0.2) is 13.1 Å². The Balaban J connectivity index is 2.07. The summed E-state index contributed by atoms with van der Waals surface area (Å²) < 4.78 is 32.0. The summed E-state index contributed by atoms with van der Waals surface area (Å²) in [6.07, 6.45) is 0.178. The number of nitrogens with one attached hydrogen (secondary N) is 2. The molecule has 3 unspecified atom stereocenters. The Morgan fingerprint density at radius 2 is 1.89 bits per heavy atom. The van der Waals surface area contributed by atoms with Gasteiger partial charge in [-0.3, -0.25) is 9.69 Å². The predicted octanol–water partition coefficient (Wildman–Crippen LogP) is 1.34. The van der Waals surface area contributed by atoms with Crippen LogP contribution in [0.2, 0.25) is 0 Å². The maximum Gasteiger partial charge on any atom is 0.240 e. The Morgan fingerprint density at radius 1 is 1.26 bits per heavy atom. The van der Waals surface area contributed by atoms with Gasteiger partial charge in [-0.1, -0.05) is 26.0 Å². The molecule has 0 aliphatic carbocycles. The molecule has 152 valence electrons. The van der Waals surface area contributed by atoms with E-state index >= 15 is 0 Å². The zero-order chi connectivity index (χ0) is 20.2. The quantitative estimate of drug-likeness (QED) is 0.725. The van der Waals surface area contributed by atoms with E-state index < -0.39 is 10.0 Å². The van der Waals surface area contributed by atoms with Crippen molar-refractivity contribution in [2.75, 3.05) is 20.1 Å². The molecule has 8 heteroatoms. The predicted molar refractivity (Wildman–Crippen MR) is 105 cm³/mol. The summed E-state index contributed by atoms with van der Waals surface area (Å²) in [5.74, 6) is 0.103. The average molecular weight is 398 g/mol. The smallest absolute Gasteiger partial charge is 0.240 e. The number of benzene rings is 1. The largest absolute Gasteiger partial charge is 0.373 e. The Bertz CT molecular complexity index is 741. The van der Waals surface area contributed by atoms with Crippen LogP contribution in [0.15, 0.2) is 29.2 Å². The molecule has 0 saturated carbocycles. The van der Waals surface area contributed by atoms with Gasteiger partial charge in [0.15, 0.2) is 0 Å². The van der Waals surface area contributed by atoms with Crippen LogP contribution in [0.1, 0.15) is 33.3 Å². The van der Waals surface area contributed by atoms with Gasteiger partial charge in [0.2, 0.25) is 15.9 Å². The maximum absolute atomic E-state index is 12.9. The number of amides is 1. The van der Waals surface area contributed by atoms with Gasteiger partial charge in [0.1, 0.15) is 0 Å². The minimum absolute atomic E-state index is 0.0480. The third-order valence-electron chi connectivity index (χ3n) is 4.69. The van der Waals surface area contributed by atoms with E-state index in [0.717, 1.165) is 18.7 Å². The van der Waals surface area contributed by atoms with Gasteiger partial charge < -0.3 is 10.1 Å². The molecular weight excluding hydrogens is 366 g/mol. The molecule has 2 rings (SSSR count). The number of carbonyl (C=O) groups is 1. The second-order valence-electron chi connectivity index (χ2n) is 7.47. The maximum atomic E-state index is 12.9. The molecule has 3 atom stereocenters. The Hall–Kier alpha value is -1.48. The van der Waals surface area contributed by atoms with Gasteiger partial charge >= 0.3 is 0 Å². The number of ether oxygens (including phenoxy) is 1. The van der Waals surface area contributed by atoms with Gasteiger partial charge in [0, 0.05) is 19.6 Å². The van der Waals surface area contributed by atoms with Crippen LogP contribution in [-0.4, -0.2) is 57.6 Å². The molecule has 1 aromatic carbocycles. The first kappa shape index (κ1) is 21.8. The molecule has 27 heavy (non-hydrogen) atoms. The lowest BCUT2D eigenvalue weighted by Crippen LogP contribution is -2.56. The minimum Gasteiger partial charge on any atom is -0.373 e. The summed E-state index contributed by atoms with van der Waals surface area (Å²) in [5.41, 5.74) is 0.742. The van der Waals surface area contributed by atoms with E-state index in [4.69, 9.17) is 4.74 Å². The molecule has 1 amide bonds. The van der Waals surface area contributed by atoms with Crippen LogP contribution in [-0.2, 0) is 26.1 Å². The van der Waals surface area contributed by atoms with Crippen LogP contribution in [0.4, 0.5) is 0 Å². The summed E-state index contributed by atoms with van der Waals surface area (Å²) in [7, 11) is -2.13. The van der Waals surface area contributed by atoms with Crippen LogP contribution in [0.25, 0.3) is 0 Å². The highest BCUT2D eigenvalue weighted by molar-refractivity contribution is 7.89. The number of morpholine rings is 1. The van der Waals surface area contributed by atoms with Crippen LogP contribution in [0.5, 0.6) is 0 Å². The van der Waals surface area contributed by atoms with Crippen molar-refractivity contribution in [2.24, 2.45) is 5.92 Å². The van der Waals surface area contributed by atoms with E-state index in [2.05, 4.69) is 14.9 Å². The fraction of sp³-hybridized carbons (Fsp3) is 0.632. The number of nitrogens with zero attached hydrogens (tertiary/aromatic N) is 1. The SMILES string of the molecule is CNS(=O)(=O)c1cccc(CNC(=O)C(C(C)C)N2CC(C)OC(C)C2)c1. The molecule has 1 aliphatic rings. The zero-order valence-electron chi connectivity index (χ0n) is 16.7. The van der Waals surface area contributed by atoms with Crippen molar-refractivity contribution in [3.63, 3.8) is 0 Å². The third kappa shape index (κ3) is 5.75. The third-order valence-corrected chi connectivity index (χ3v) is 6.10. The second kappa shape index (κ2) is 9.14. The average Bonchev–Trinajstić information content (AvgIpc) is 2.59.